The van der Waals surface area contributed by atoms with Gasteiger partial charge in [-0.3, -0.25) is 14.7 Å². The standard InChI is InChI=1S/C35H51N3O7/c1-24(30-10-5-6-17-36-30)8-7-9-25(2)33-26(3)11-12-29(35(4,43)16-13-28(39)22-32(40)45-33)31-23-37(18-19-38(31)34(41)42)27-14-20-44-21-15-27/h5-12,17,24,26-29,31,33,39,43H,13-16,18-23H2,1-4H3,(H,41,42)/b8-7+,12-11+,25-9+/t24-,26-,28-,29-,31?,33+,35-/m0/s1. The maximum atomic E-state index is 12.9. The highest BCUT2D eigenvalue weighted by Gasteiger charge is 2.44. The second-order valence-corrected chi connectivity index (χ2v) is 13.2. The summed E-state index contributed by atoms with van der Waals surface area (Å²) in [5.74, 6) is -1.24. The van der Waals surface area contributed by atoms with Crippen molar-refractivity contribution in [2.75, 3.05) is 32.8 Å². The molecule has 2 saturated heterocycles. The van der Waals surface area contributed by atoms with E-state index in [0.29, 0.717) is 38.9 Å². The van der Waals surface area contributed by atoms with E-state index in [-0.39, 0.29) is 31.1 Å². The van der Waals surface area contributed by atoms with Crippen molar-refractivity contribution < 1.29 is 34.4 Å². The first-order valence-electron chi connectivity index (χ1n) is 16.3. The van der Waals surface area contributed by atoms with Crippen molar-refractivity contribution in [2.45, 2.75) is 95.6 Å². The lowest BCUT2D eigenvalue weighted by Gasteiger charge is -2.49. The normalized spacial score (nSPS) is 33.2. The number of hydrogen-bond acceptors (Lipinski definition) is 8. The van der Waals surface area contributed by atoms with Crippen LogP contribution in [0.3, 0.4) is 0 Å². The predicted molar refractivity (Wildman–Crippen MR) is 172 cm³/mol. The predicted octanol–water partition coefficient (Wildman–Crippen LogP) is 4.55. The van der Waals surface area contributed by atoms with Crippen molar-refractivity contribution >= 4 is 12.1 Å². The van der Waals surface area contributed by atoms with Gasteiger partial charge >= 0.3 is 12.1 Å². The molecule has 1 aromatic heterocycles. The van der Waals surface area contributed by atoms with Gasteiger partial charge in [0.05, 0.1) is 24.2 Å². The number of hydrogen-bond donors (Lipinski definition) is 3. The highest BCUT2D eigenvalue weighted by molar-refractivity contribution is 5.70. The van der Waals surface area contributed by atoms with Crippen LogP contribution in [0.5, 0.6) is 0 Å². The second-order valence-electron chi connectivity index (χ2n) is 13.2. The van der Waals surface area contributed by atoms with Crippen molar-refractivity contribution in [3.05, 3.63) is 66.0 Å². The fourth-order valence-electron chi connectivity index (χ4n) is 6.84. The van der Waals surface area contributed by atoms with Crippen LogP contribution >= 0.6 is 0 Å². The van der Waals surface area contributed by atoms with Gasteiger partial charge in [0.1, 0.15) is 6.10 Å². The Morgan fingerprint density at radius 1 is 1.18 bits per heavy atom. The number of ether oxygens (including phenoxy) is 2. The van der Waals surface area contributed by atoms with Crippen LogP contribution in [-0.2, 0) is 14.3 Å². The molecule has 10 nitrogen and oxygen atoms in total. The van der Waals surface area contributed by atoms with E-state index >= 15 is 0 Å². The smallest absolute Gasteiger partial charge is 0.407 e. The van der Waals surface area contributed by atoms with Crippen LogP contribution < -0.4 is 0 Å². The number of esters is 1. The van der Waals surface area contributed by atoms with Gasteiger partial charge in [-0.25, -0.2) is 4.79 Å². The van der Waals surface area contributed by atoms with E-state index in [9.17, 15) is 24.9 Å². The van der Waals surface area contributed by atoms with Gasteiger partial charge in [0, 0.05) is 68.5 Å². The van der Waals surface area contributed by atoms with Crippen LogP contribution in [0.25, 0.3) is 0 Å². The lowest BCUT2D eigenvalue weighted by molar-refractivity contribution is -0.151. The number of aliphatic hydroxyl groups excluding tert-OH is 1. The number of carbonyl (C=O) groups excluding carboxylic acids is 1. The van der Waals surface area contributed by atoms with Crippen molar-refractivity contribution in [3.8, 4) is 0 Å². The summed E-state index contributed by atoms with van der Waals surface area (Å²) in [5.41, 5.74) is 0.451. The highest BCUT2D eigenvalue weighted by atomic mass is 16.5. The number of amides is 1. The number of carboxylic acid groups (broad SMARTS) is 1. The number of carbonyl (C=O) groups is 2. The third-order valence-corrected chi connectivity index (χ3v) is 9.64. The Bertz CT molecular complexity index is 1210. The summed E-state index contributed by atoms with van der Waals surface area (Å²) in [6.45, 7) is 10.5. The summed E-state index contributed by atoms with van der Waals surface area (Å²) >= 11 is 0. The molecule has 1 amide bonds. The Balaban J connectivity index is 1.63. The molecule has 10 heteroatoms. The molecule has 248 valence electrons. The molecule has 3 aliphatic rings. The first kappa shape index (κ1) is 34.8. The number of aromatic nitrogens is 1. The van der Waals surface area contributed by atoms with Crippen LogP contribution in [0, 0.1) is 11.8 Å². The van der Waals surface area contributed by atoms with Gasteiger partial charge in [-0.2, -0.15) is 0 Å². The zero-order valence-electron chi connectivity index (χ0n) is 27.1. The number of rotatable bonds is 6. The minimum atomic E-state index is -1.33. The van der Waals surface area contributed by atoms with Crippen LogP contribution in [0.2, 0.25) is 0 Å². The zero-order valence-corrected chi connectivity index (χ0v) is 27.1. The Hall–Kier alpha value is -3.05. The summed E-state index contributed by atoms with van der Waals surface area (Å²) in [4.78, 5) is 33.6. The average molecular weight is 626 g/mol. The van der Waals surface area contributed by atoms with Crippen LogP contribution in [0.15, 0.2) is 60.3 Å². The number of aliphatic hydroxyl groups is 2. The average Bonchev–Trinajstić information content (AvgIpc) is 3.02. The Kier molecular flexibility index (Phi) is 12.4. The van der Waals surface area contributed by atoms with Crippen molar-refractivity contribution in [1.82, 2.24) is 14.8 Å². The van der Waals surface area contributed by atoms with E-state index in [4.69, 9.17) is 9.47 Å². The van der Waals surface area contributed by atoms with Crippen LogP contribution in [-0.4, -0.2) is 105 Å². The largest absolute Gasteiger partial charge is 0.465 e. The van der Waals surface area contributed by atoms with E-state index in [1.54, 1.807) is 13.1 Å². The van der Waals surface area contributed by atoms with Gasteiger partial charge in [0.2, 0.25) is 0 Å². The fraction of sp³-hybridized carbons (Fsp3) is 0.629. The van der Waals surface area contributed by atoms with Crippen molar-refractivity contribution in [1.29, 1.82) is 0 Å². The third kappa shape index (κ3) is 9.48. The molecule has 4 heterocycles. The Labute approximate surface area is 267 Å². The fourth-order valence-corrected chi connectivity index (χ4v) is 6.84. The van der Waals surface area contributed by atoms with Crippen molar-refractivity contribution in [2.24, 2.45) is 11.8 Å². The summed E-state index contributed by atoms with van der Waals surface area (Å²) in [7, 11) is 0. The molecule has 3 N–H and O–H groups in total. The monoisotopic (exact) mass is 625 g/mol. The van der Waals surface area contributed by atoms with Gasteiger partial charge in [-0.15, -0.1) is 0 Å². The number of pyridine rings is 1. The minimum absolute atomic E-state index is 0.0953. The molecule has 1 unspecified atom stereocenters. The summed E-state index contributed by atoms with van der Waals surface area (Å²) in [6.07, 6.45) is 10.9. The zero-order chi connectivity index (χ0) is 32.6. The molecule has 0 spiro atoms. The van der Waals surface area contributed by atoms with Gasteiger partial charge in [0.15, 0.2) is 0 Å². The molecule has 2 fully saturated rings. The maximum absolute atomic E-state index is 12.9. The topological polar surface area (TPSA) is 133 Å². The van der Waals surface area contributed by atoms with E-state index in [1.165, 1.54) is 4.90 Å². The third-order valence-electron chi connectivity index (χ3n) is 9.64. The number of piperazine rings is 1. The quantitative estimate of drug-likeness (QED) is 0.237. The van der Waals surface area contributed by atoms with E-state index in [1.807, 2.05) is 62.4 Å². The van der Waals surface area contributed by atoms with E-state index < -0.39 is 41.8 Å². The molecule has 0 aromatic carbocycles. The Morgan fingerprint density at radius 3 is 2.62 bits per heavy atom. The lowest BCUT2D eigenvalue weighted by Crippen LogP contribution is -2.62. The number of cyclic esters (lactones) is 1. The Morgan fingerprint density at radius 2 is 1.93 bits per heavy atom. The second kappa shape index (κ2) is 16.0. The number of nitrogens with zero attached hydrogens (tertiary/aromatic N) is 3. The van der Waals surface area contributed by atoms with Crippen LogP contribution in [0.4, 0.5) is 4.79 Å². The summed E-state index contributed by atoms with van der Waals surface area (Å²) in [5, 5.41) is 32.9. The first-order chi connectivity index (χ1) is 21.5. The molecule has 7 atom stereocenters. The molecular weight excluding hydrogens is 574 g/mol. The molecule has 0 aliphatic carbocycles. The highest BCUT2D eigenvalue weighted by Crippen LogP contribution is 2.35. The molecular formula is C35H51N3O7. The maximum Gasteiger partial charge on any atom is 0.407 e. The number of allylic oxidation sites excluding steroid dienone is 3. The van der Waals surface area contributed by atoms with Gasteiger partial charge < -0.3 is 29.7 Å². The molecule has 3 aliphatic heterocycles. The van der Waals surface area contributed by atoms with Crippen LogP contribution in [0.1, 0.15) is 71.4 Å². The minimum Gasteiger partial charge on any atom is -0.465 e. The van der Waals surface area contributed by atoms with E-state index in [0.717, 1.165) is 24.1 Å². The molecule has 45 heavy (non-hydrogen) atoms. The van der Waals surface area contributed by atoms with E-state index in [2.05, 4.69) is 16.8 Å². The molecule has 4 rings (SSSR count). The van der Waals surface area contributed by atoms with Gasteiger partial charge in [-0.05, 0) is 57.2 Å². The molecule has 0 saturated carbocycles. The summed E-state index contributed by atoms with van der Waals surface area (Å²) in [6, 6.07) is 5.63. The van der Waals surface area contributed by atoms with Gasteiger partial charge in [0.25, 0.3) is 0 Å². The molecule has 0 bridgehead atoms. The van der Waals surface area contributed by atoms with Crippen molar-refractivity contribution in [3.63, 3.8) is 0 Å². The molecule has 0 radical (unpaired) electrons. The first-order valence-corrected chi connectivity index (χ1v) is 16.3. The summed E-state index contributed by atoms with van der Waals surface area (Å²) < 4.78 is 11.5. The molecule has 1 aromatic rings. The van der Waals surface area contributed by atoms with Gasteiger partial charge in [-0.1, -0.05) is 50.3 Å². The SMILES string of the molecule is C/C(=C\C=C\[C@H](C)c1ccccn1)[C@H]1OC(=O)C[C@@H](O)CC[C@](C)(O)[C@H](C2CN(C3CCOCC3)CCN2C(=O)O)/C=C/[C@@H]1C. The lowest BCUT2D eigenvalue weighted by atomic mass is 9.77.